The summed E-state index contributed by atoms with van der Waals surface area (Å²) in [6.45, 7) is 6.83. The molecule has 2 atom stereocenters. The normalized spacial score (nSPS) is 22.6. The summed E-state index contributed by atoms with van der Waals surface area (Å²) in [5.74, 6) is 0. The summed E-state index contributed by atoms with van der Waals surface area (Å²) >= 11 is 0. The number of amides is 2. The van der Waals surface area contributed by atoms with Crippen LogP contribution in [0.1, 0.15) is 32.8 Å². The van der Waals surface area contributed by atoms with Gasteiger partial charge in [-0.25, -0.2) is 9.59 Å². The summed E-state index contributed by atoms with van der Waals surface area (Å²) in [4.78, 5) is 27.9. The van der Waals surface area contributed by atoms with Gasteiger partial charge in [0.25, 0.3) is 0 Å². The van der Waals surface area contributed by atoms with Gasteiger partial charge in [-0.2, -0.15) is 0 Å². The van der Waals surface area contributed by atoms with Crippen molar-refractivity contribution in [1.29, 1.82) is 0 Å². The predicted octanol–water partition coefficient (Wildman–Crippen LogP) is 3.02. The first-order chi connectivity index (χ1) is 11.3. The minimum Gasteiger partial charge on any atom is -0.445 e. The van der Waals surface area contributed by atoms with Crippen molar-refractivity contribution < 1.29 is 19.1 Å². The maximum absolute atomic E-state index is 12.3. The van der Waals surface area contributed by atoms with E-state index in [9.17, 15) is 9.59 Å². The molecule has 3 heterocycles. The Morgan fingerprint density at radius 1 is 1.08 bits per heavy atom. The number of rotatable bonds is 2. The number of benzene rings is 1. The summed E-state index contributed by atoms with van der Waals surface area (Å²) in [7, 11) is 0. The lowest BCUT2D eigenvalue weighted by Gasteiger charge is -2.55. The molecule has 3 aliphatic heterocycles. The molecule has 4 rings (SSSR count). The molecule has 0 radical (unpaired) electrons. The van der Waals surface area contributed by atoms with Gasteiger partial charge in [-0.15, -0.1) is 0 Å². The van der Waals surface area contributed by atoms with Gasteiger partial charge in [-0.3, -0.25) is 4.90 Å². The lowest BCUT2D eigenvalue weighted by molar-refractivity contribution is -0.0661. The first-order valence-electron chi connectivity index (χ1n) is 8.30. The van der Waals surface area contributed by atoms with Gasteiger partial charge in [0.2, 0.25) is 0 Å². The molecule has 0 N–H and O–H groups in total. The van der Waals surface area contributed by atoms with Gasteiger partial charge in [0.05, 0.1) is 12.1 Å². The zero-order valence-corrected chi connectivity index (χ0v) is 14.4. The van der Waals surface area contributed by atoms with E-state index in [1.807, 2.05) is 51.1 Å². The summed E-state index contributed by atoms with van der Waals surface area (Å²) < 4.78 is 10.8. The van der Waals surface area contributed by atoms with Crippen molar-refractivity contribution in [3.05, 3.63) is 35.9 Å². The first-order valence-corrected chi connectivity index (χ1v) is 8.30. The van der Waals surface area contributed by atoms with Crippen LogP contribution in [-0.2, 0) is 16.1 Å². The van der Waals surface area contributed by atoms with Crippen LogP contribution in [0, 0.1) is 0 Å². The summed E-state index contributed by atoms with van der Waals surface area (Å²) in [6, 6.07) is 9.67. The van der Waals surface area contributed by atoms with Crippen LogP contribution in [0.5, 0.6) is 0 Å². The monoisotopic (exact) mass is 332 g/mol. The van der Waals surface area contributed by atoms with Gasteiger partial charge in [-0.05, 0) is 32.8 Å². The number of ether oxygens (including phenoxy) is 2. The van der Waals surface area contributed by atoms with Crippen LogP contribution in [-0.4, -0.2) is 52.8 Å². The Labute approximate surface area is 142 Å². The highest BCUT2D eigenvalue weighted by molar-refractivity contribution is 5.72. The molecule has 2 unspecified atom stereocenters. The molecule has 2 amide bonds. The van der Waals surface area contributed by atoms with Crippen LogP contribution in [0.2, 0.25) is 0 Å². The first kappa shape index (κ1) is 16.6. The molecular formula is C18H24N2O4. The zero-order valence-electron chi connectivity index (χ0n) is 14.4. The van der Waals surface area contributed by atoms with Crippen LogP contribution in [0.4, 0.5) is 9.59 Å². The Kier molecular flexibility index (Phi) is 4.39. The molecular weight excluding hydrogens is 308 g/mol. The number of piperazine rings is 1. The molecule has 0 saturated carbocycles. The van der Waals surface area contributed by atoms with Crippen LogP contribution in [0.3, 0.4) is 0 Å². The van der Waals surface area contributed by atoms with Crippen molar-refractivity contribution >= 4 is 12.2 Å². The number of carbonyl (C=O) groups excluding carboxylic acids is 2. The van der Waals surface area contributed by atoms with Crippen LogP contribution in [0.25, 0.3) is 0 Å². The summed E-state index contributed by atoms with van der Waals surface area (Å²) in [5.41, 5.74) is 0.458. The number of carbonyl (C=O) groups is 2. The molecule has 0 aromatic heterocycles. The van der Waals surface area contributed by atoms with E-state index in [0.717, 1.165) is 12.0 Å². The maximum Gasteiger partial charge on any atom is 0.410 e. The molecule has 130 valence electrons. The molecule has 1 aromatic carbocycles. The predicted molar refractivity (Wildman–Crippen MR) is 88.5 cm³/mol. The van der Waals surface area contributed by atoms with E-state index in [-0.39, 0.29) is 30.9 Å². The molecule has 3 saturated heterocycles. The largest absolute Gasteiger partial charge is 0.445 e. The number of hydrogen-bond acceptors (Lipinski definition) is 4. The van der Waals surface area contributed by atoms with E-state index in [1.54, 1.807) is 9.80 Å². The highest BCUT2D eigenvalue weighted by Crippen LogP contribution is 2.33. The van der Waals surface area contributed by atoms with Gasteiger partial charge in [0.1, 0.15) is 12.2 Å². The van der Waals surface area contributed by atoms with Crippen LogP contribution >= 0.6 is 0 Å². The summed E-state index contributed by atoms with van der Waals surface area (Å²) in [5, 5.41) is 0. The van der Waals surface area contributed by atoms with E-state index < -0.39 is 5.60 Å². The molecule has 6 heteroatoms. The minimum atomic E-state index is -0.507. The lowest BCUT2D eigenvalue weighted by Crippen LogP contribution is -2.71. The minimum absolute atomic E-state index is 0.0274. The van der Waals surface area contributed by atoms with Gasteiger partial charge in [0.15, 0.2) is 0 Å². The molecule has 6 nitrogen and oxygen atoms in total. The van der Waals surface area contributed by atoms with Crippen molar-refractivity contribution in [2.24, 2.45) is 0 Å². The van der Waals surface area contributed by atoms with Crippen LogP contribution < -0.4 is 0 Å². The average molecular weight is 332 g/mol. The highest BCUT2D eigenvalue weighted by atomic mass is 16.6. The molecule has 24 heavy (non-hydrogen) atoms. The lowest BCUT2D eigenvalue weighted by atomic mass is 9.88. The topological polar surface area (TPSA) is 59.1 Å². The maximum atomic E-state index is 12.3. The standard InChI is InChI=1S/C18H24N2O4/c1-18(2,3)24-16(21)19-10-14-9-15(11-19)20(14)17(22)23-12-13-7-5-4-6-8-13/h4-8,14-15H,9-12H2,1-3H3. The Hall–Kier alpha value is -2.24. The van der Waals surface area contributed by atoms with Crippen molar-refractivity contribution in [2.75, 3.05) is 13.1 Å². The Morgan fingerprint density at radius 2 is 1.71 bits per heavy atom. The second-order valence-corrected chi connectivity index (χ2v) is 7.38. The van der Waals surface area contributed by atoms with Gasteiger partial charge in [0, 0.05) is 13.1 Å². The number of fused-ring (bicyclic) bond motifs is 2. The fourth-order valence-corrected chi connectivity index (χ4v) is 3.18. The summed E-state index contributed by atoms with van der Waals surface area (Å²) in [6.07, 6.45) is 0.304. The van der Waals surface area contributed by atoms with Crippen molar-refractivity contribution in [3.8, 4) is 0 Å². The van der Waals surface area contributed by atoms with Crippen molar-refractivity contribution in [3.63, 3.8) is 0 Å². The highest BCUT2D eigenvalue weighted by Gasteiger charge is 2.49. The molecule has 0 spiro atoms. The SMILES string of the molecule is CC(C)(C)OC(=O)N1CC2CC(C1)N2C(=O)OCc1ccccc1. The molecule has 1 aromatic rings. The average Bonchev–Trinajstić information content (AvgIpc) is 2.52. The van der Waals surface area contributed by atoms with E-state index in [4.69, 9.17) is 9.47 Å². The number of nitrogens with zero attached hydrogens (tertiary/aromatic N) is 2. The molecule has 3 fully saturated rings. The number of hydrogen-bond donors (Lipinski definition) is 0. The van der Waals surface area contributed by atoms with Crippen molar-refractivity contribution in [2.45, 2.75) is 51.5 Å². The van der Waals surface area contributed by atoms with Gasteiger partial charge >= 0.3 is 12.2 Å². The fourth-order valence-electron chi connectivity index (χ4n) is 3.18. The Bertz CT molecular complexity index is 599. The van der Waals surface area contributed by atoms with Crippen LogP contribution in [0.15, 0.2) is 30.3 Å². The Balaban J connectivity index is 1.50. The second kappa shape index (κ2) is 6.34. The van der Waals surface area contributed by atoms with Gasteiger partial charge in [-0.1, -0.05) is 30.3 Å². The molecule has 0 aliphatic carbocycles. The Morgan fingerprint density at radius 3 is 2.29 bits per heavy atom. The second-order valence-electron chi connectivity index (χ2n) is 7.38. The van der Waals surface area contributed by atoms with Gasteiger partial charge < -0.3 is 14.4 Å². The quantitative estimate of drug-likeness (QED) is 0.835. The third-order valence-electron chi connectivity index (χ3n) is 4.26. The molecule has 2 bridgehead atoms. The van der Waals surface area contributed by atoms with E-state index in [1.165, 1.54) is 0 Å². The molecule has 3 aliphatic rings. The van der Waals surface area contributed by atoms with E-state index >= 15 is 0 Å². The number of piperidine rings is 1. The smallest absolute Gasteiger partial charge is 0.410 e. The van der Waals surface area contributed by atoms with E-state index in [2.05, 4.69) is 0 Å². The van der Waals surface area contributed by atoms with Crippen molar-refractivity contribution in [1.82, 2.24) is 9.80 Å². The third kappa shape index (κ3) is 3.63. The fraction of sp³-hybridized carbons (Fsp3) is 0.556. The van der Waals surface area contributed by atoms with E-state index in [0.29, 0.717) is 13.1 Å². The zero-order chi connectivity index (χ0) is 17.3. The third-order valence-corrected chi connectivity index (χ3v) is 4.26.